The van der Waals surface area contributed by atoms with Gasteiger partial charge in [-0.25, -0.2) is 9.67 Å². The molecule has 0 bridgehead atoms. The second kappa shape index (κ2) is 7.60. The number of anilines is 1. The number of amides is 1. The molecule has 2 aromatic heterocycles. The number of pyridine rings is 1. The molecule has 1 aromatic carbocycles. The van der Waals surface area contributed by atoms with Crippen LogP contribution in [0.3, 0.4) is 0 Å². The Morgan fingerprint density at radius 3 is 2.54 bits per heavy atom. The molecule has 7 heteroatoms. The van der Waals surface area contributed by atoms with Gasteiger partial charge in [-0.2, -0.15) is 5.10 Å². The predicted octanol–water partition coefficient (Wildman–Crippen LogP) is 3.12. The lowest BCUT2D eigenvalue weighted by Crippen LogP contribution is -2.15. The molecule has 0 fully saturated rings. The minimum Gasteiger partial charge on any atom is -0.490 e. The van der Waals surface area contributed by atoms with Crippen molar-refractivity contribution in [2.45, 2.75) is 13.8 Å². The van der Waals surface area contributed by atoms with Crippen LogP contribution in [0.15, 0.2) is 54.9 Å². The van der Waals surface area contributed by atoms with Crippen molar-refractivity contribution in [2.24, 2.45) is 0 Å². The maximum Gasteiger partial charge on any atom is 0.281 e. The fourth-order valence-electron chi connectivity index (χ4n) is 2.34. The van der Waals surface area contributed by atoms with Gasteiger partial charge < -0.3 is 10.1 Å². The summed E-state index contributed by atoms with van der Waals surface area (Å²) in [4.78, 5) is 28.0. The highest BCUT2D eigenvalue weighted by atomic mass is 16.5. The van der Waals surface area contributed by atoms with Crippen LogP contribution in [0.1, 0.15) is 34.7 Å². The monoisotopic (exact) mass is 350 g/mol. The number of ether oxygens (including phenoxy) is 1. The molecule has 0 unspecified atom stereocenters. The largest absolute Gasteiger partial charge is 0.490 e. The summed E-state index contributed by atoms with van der Waals surface area (Å²) in [5, 5.41) is 7.01. The van der Waals surface area contributed by atoms with Gasteiger partial charge in [0.15, 0.2) is 17.2 Å². The topological polar surface area (TPSA) is 86.1 Å². The van der Waals surface area contributed by atoms with E-state index in [-0.39, 0.29) is 11.5 Å². The standard InChI is InChI=1S/C19H18N4O3/c1-3-26-16-12-23(15-7-5-4-6-8-15)22-18(16)19(25)21-17-10-9-14(11-20-17)13(2)24/h4-12H,3H2,1-2H3,(H,20,21,25). The Morgan fingerprint density at radius 1 is 1.15 bits per heavy atom. The van der Waals surface area contributed by atoms with Gasteiger partial charge in [0.05, 0.1) is 18.5 Å². The number of benzene rings is 1. The number of nitrogens with zero attached hydrogens (tertiary/aromatic N) is 3. The van der Waals surface area contributed by atoms with Crippen LogP contribution < -0.4 is 10.1 Å². The molecule has 0 saturated carbocycles. The van der Waals surface area contributed by atoms with Crippen LogP contribution >= 0.6 is 0 Å². The lowest BCUT2D eigenvalue weighted by atomic mass is 10.2. The molecule has 1 N–H and O–H groups in total. The van der Waals surface area contributed by atoms with Crippen molar-refractivity contribution in [2.75, 3.05) is 11.9 Å². The van der Waals surface area contributed by atoms with Crippen LogP contribution in [0, 0.1) is 0 Å². The third-order valence-corrected chi connectivity index (χ3v) is 3.63. The van der Waals surface area contributed by atoms with E-state index in [0.29, 0.717) is 23.7 Å². The Kier molecular flexibility index (Phi) is 5.07. The molecule has 7 nitrogen and oxygen atoms in total. The van der Waals surface area contributed by atoms with Crippen molar-refractivity contribution in [1.29, 1.82) is 0 Å². The summed E-state index contributed by atoms with van der Waals surface area (Å²) in [6.45, 7) is 3.70. The molecule has 0 atom stereocenters. The molecular weight excluding hydrogens is 332 g/mol. The van der Waals surface area contributed by atoms with Crippen molar-refractivity contribution in [3.8, 4) is 11.4 Å². The number of nitrogens with one attached hydrogen (secondary N) is 1. The molecule has 0 aliphatic heterocycles. The molecule has 26 heavy (non-hydrogen) atoms. The molecule has 0 radical (unpaired) electrons. The van der Waals surface area contributed by atoms with E-state index < -0.39 is 5.91 Å². The van der Waals surface area contributed by atoms with Crippen molar-refractivity contribution < 1.29 is 14.3 Å². The van der Waals surface area contributed by atoms with Crippen LogP contribution in [-0.4, -0.2) is 33.1 Å². The van der Waals surface area contributed by atoms with E-state index in [1.165, 1.54) is 13.1 Å². The van der Waals surface area contributed by atoms with Crippen molar-refractivity contribution >= 4 is 17.5 Å². The maximum absolute atomic E-state index is 12.6. The zero-order valence-electron chi connectivity index (χ0n) is 14.5. The maximum atomic E-state index is 12.6. The highest BCUT2D eigenvalue weighted by Gasteiger charge is 2.19. The van der Waals surface area contributed by atoms with Gasteiger partial charge in [-0.3, -0.25) is 9.59 Å². The van der Waals surface area contributed by atoms with Gasteiger partial charge in [0, 0.05) is 11.8 Å². The summed E-state index contributed by atoms with van der Waals surface area (Å²) in [5.74, 6) is 0.188. The Bertz CT molecular complexity index is 918. The number of aromatic nitrogens is 3. The SMILES string of the molecule is CCOc1cn(-c2ccccc2)nc1C(=O)Nc1ccc(C(C)=O)cn1. The summed E-state index contributed by atoms with van der Waals surface area (Å²) in [6, 6.07) is 12.6. The fraction of sp³-hybridized carbons (Fsp3) is 0.158. The molecule has 0 saturated heterocycles. The molecule has 0 aliphatic rings. The van der Waals surface area contributed by atoms with Crippen LogP contribution in [0.25, 0.3) is 5.69 Å². The molecule has 132 valence electrons. The summed E-state index contributed by atoms with van der Waals surface area (Å²) in [7, 11) is 0. The number of ketones is 1. The number of Topliss-reactive ketones (excluding diaryl/α,β-unsaturated/α-hetero) is 1. The Labute approximate surface area is 150 Å². The van der Waals surface area contributed by atoms with Crippen molar-refractivity contribution in [3.63, 3.8) is 0 Å². The van der Waals surface area contributed by atoms with Crippen molar-refractivity contribution in [3.05, 3.63) is 66.1 Å². The van der Waals surface area contributed by atoms with Crippen LogP contribution in [0.2, 0.25) is 0 Å². The highest BCUT2D eigenvalue weighted by molar-refractivity contribution is 6.04. The number of carbonyl (C=O) groups excluding carboxylic acids is 2. The fourth-order valence-corrected chi connectivity index (χ4v) is 2.34. The van der Waals surface area contributed by atoms with Gasteiger partial charge in [0.2, 0.25) is 0 Å². The first-order chi connectivity index (χ1) is 12.6. The number of carbonyl (C=O) groups is 2. The van der Waals surface area contributed by atoms with Crippen molar-refractivity contribution in [1.82, 2.24) is 14.8 Å². The van der Waals surface area contributed by atoms with E-state index in [0.717, 1.165) is 5.69 Å². The molecule has 3 rings (SSSR count). The van der Waals surface area contributed by atoms with E-state index in [4.69, 9.17) is 4.74 Å². The molecule has 2 heterocycles. The summed E-state index contributed by atoms with van der Waals surface area (Å²) >= 11 is 0. The Morgan fingerprint density at radius 2 is 1.92 bits per heavy atom. The molecular formula is C19H18N4O3. The van der Waals surface area contributed by atoms with Gasteiger partial charge >= 0.3 is 0 Å². The third-order valence-electron chi connectivity index (χ3n) is 3.63. The van der Waals surface area contributed by atoms with Crippen LogP contribution in [-0.2, 0) is 0 Å². The van der Waals surface area contributed by atoms with Gasteiger partial charge in [0.1, 0.15) is 5.82 Å². The van der Waals surface area contributed by atoms with E-state index in [2.05, 4.69) is 15.4 Å². The van der Waals surface area contributed by atoms with E-state index in [1.54, 1.807) is 23.0 Å². The Balaban J connectivity index is 1.85. The van der Waals surface area contributed by atoms with E-state index >= 15 is 0 Å². The van der Waals surface area contributed by atoms with Crippen LogP contribution in [0.5, 0.6) is 5.75 Å². The lowest BCUT2D eigenvalue weighted by Gasteiger charge is -2.05. The van der Waals surface area contributed by atoms with Gasteiger partial charge in [0.25, 0.3) is 5.91 Å². The third kappa shape index (κ3) is 3.77. The minimum absolute atomic E-state index is 0.0874. The smallest absolute Gasteiger partial charge is 0.281 e. The zero-order chi connectivity index (χ0) is 18.5. The molecule has 0 spiro atoms. The summed E-state index contributed by atoms with van der Waals surface area (Å²) in [6.07, 6.45) is 3.09. The minimum atomic E-state index is -0.439. The zero-order valence-corrected chi connectivity index (χ0v) is 14.5. The lowest BCUT2D eigenvalue weighted by molar-refractivity contribution is 0.101. The highest BCUT2D eigenvalue weighted by Crippen LogP contribution is 2.21. The Hall–Kier alpha value is -3.48. The van der Waals surface area contributed by atoms with Gasteiger partial charge in [-0.05, 0) is 38.1 Å². The van der Waals surface area contributed by atoms with E-state index in [1.807, 2.05) is 37.3 Å². The van der Waals surface area contributed by atoms with Crippen LogP contribution in [0.4, 0.5) is 5.82 Å². The number of rotatable bonds is 6. The summed E-state index contributed by atoms with van der Waals surface area (Å²) in [5.41, 5.74) is 1.45. The molecule has 1 amide bonds. The quantitative estimate of drug-likeness (QED) is 0.690. The van der Waals surface area contributed by atoms with E-state index in [9.17, 15) is 9.59 Å². The first-order valence-corrected chi connectivity index (χ1v) is 8.14. The normalized spacial score (nSPS) is 10.4. The average Bonchev–Trinajstić information content (AvgIpc) is 3.07. The van der Waals surface area contributed by atoms with Gasteiger partial charge in [-0.1, -0.05) is 18.2 Å². The number of hydrogen-bond donors (Lipinski definition) is 1. The first-order valence-electron chi connectivity index (χ1n) is 8.14. The first kappa shape index (κ1) is 17.3. The number of hydrogen-bond acceptors (Lipinski definition) is 5. The van der Waals surface area contributed by atoms with Gasteiger partial charge in [-0.15, -0.1) is 0 Å². The summed E-state index contributed by atoms with van der Waals surface area (Å²) < 4.78 is 7.13. The molecule has 3 aromatic rings. The molecule has 0 aliphatic carbocycles. The second-order valence-electron chi connectivity index (χ2n) is 5.50. The number of para-hydroxylation sites is 1. The second-order valence-corrected chi connectivity index (χ2v) is 5.50. The average molecular weight is 350 g/mol. The predicted molar refractivity (Wildman–Crippen MR) is 96.9 cm³/mol.